The predicted molar refractivity (Wildman–Crippen MR) is 94.9 cm³/mol. The number of nitrogens with one attached hydrogen (secondary N) is 1. The third-order valence-corrected chi connectivity index (χ3v) is 4.19. The molecule has 0 aliphatic rings. The molecule has 25 heavy (non-hydrogen) atoms. The number of carbonyl (C=O) groups excluding carboxylic acids is 1. The molecule has 0 atom stereocenters. The second kappa shape index (κ2) is 7.85. The second-order valence-electron chi connectivity index (χ2n) is 5.23. The first-order valence-corrected chi connectivity index (χ1v) is 8.57. The molecule has 2 heterocycles. The van der Waals surface area contributed by atoms with Crippen LogP contribution in [0.3, 0.4) is 0 Å². The standard InChI is InChI=1S/C18H18N2O4S/c1-12-20-14(11-25-12)15-8-7-13(24-15)9-19-18(21)10-23-17-6-4-3-5-16(17)22-2/h3-8,11H,9-10H2,1-2H3,(H,19,21). The molecule has 1 aromatic carbocycles. The molecule has 7 heteroatoms. The SMILES string of the molecule is COc1ccccc1OCC(=O)NCc1ccc(-c2csc(C)n2)o1. The first-order chi connectivity index (χ1) is 12.2. The molecule has 2 aromatic heterocycles. The molecule has 1 N–H and O–H groups in total. The Morgan fingerprint density at radius 1 is 1.24 bits per heavy atom. The van der Waals surface area contributed by atoms with Crippen molar-refractivity contribution in [3.05, 3.63) is 52.5 Å². The molecule has 6 nitrogen and oxygen atoms in total. The molecule has 0 unspecified atom stereocenters. The lowest BCUT2D eigenvalue weighted by molar-refractivity contribution is -0.123. The van der Waals surface area contributed by atoms with Crippen LogP contribution >= 0.6 is 11.3 Å². The lowest BCUT2D eigenvalue weighted by Gasteiger charge is -2.10. The fourth-order valence-electron chi connectivity index (χ4n) is 2.21. The molecule has 3 aromatic rings. The fourth-order valence-corrected chi connectivity index (χ4v) is 2.81. The van der Waals surface area contributed by atoms with Crippen molar-refractivity contribution in [2.75, 3.05) is 13.7 Å². The van der Waals surface area contributed by atoms with Crippen molar-refractivity contribution in [1.82, 2.24) is 10.3 Å². The summed E-state index contributed by atoms with van der Waals surface area (Å²) < 4.78 is 16.4. The number of ether oxygens (including phenoxy) is 2. The highest BCUT2D eigenvalue weighted by molar-refractivity contribution is 7.09. The zero-order valence-corrected chi connectivity index (χ0v) is 14.8. The Morgan fingerprint density at radius 2 is 2.04 bits per heavy atom. The zero-order valence-electron chi connectivity index (χ0n) is 13.9. The molecule has 3 rings (SSSR count). The van der Waals surface area contributed by atoms with Crippen LogP contribution in [0.4, 0.5) is 0 Å². The normalized spacial score (nSPS) is 10.5. The average molecular weight is 358 g/mol. The monoisotopic (exact) mass is 358 g/mol. The maximum absolute atomic E-state index is 11.9. The summed E-state index contributed by atoms with van der Waals surface area (Å²) in [5.74, 6) is 2.22. The molecule has 0 saturated heterocycles. The van der Waals surface area contributed by atoms with E-state index in [-0.39, 0.29) is 19.1 Å². The number of methoxy groups -OCH3 is 1. The second-order valence-corrected chi connectivity index (χ2v) is 6.30. The summed E-state index contributed by atoms with van der Waals surface area (Å²) in [6.07, 6.45) is 0. The van der Waals surface area contributed by atoms with Gasteiger partial charge in [0.1, 0.15) is 11.5 Å². The maximum atomic E-state index is 11.9. The van der Waals surface area contributed by atoms with E-state index in [0.717, 1.165) is 10.7 Å². The zero-order chi connectivity index (χ0) is 17.6. The van der Waals surface area contributed by atoms with Crippen LogP contribution in [0.1, 0.15) is 10.8 Å². The van der Waals surface area contributed by atoms with Crippen molar-refractivity contribution in [1.29, 1.82) is 0 Å². The number of aromatic nitrogens is 1. The van der Waals surface area contributed by atoms with Gasteiger partial charge in [-0.3, -0.25) is 4.79 Å². The fraction of sp³-hybridized carbons (Fsp3) is 0.222. The van der Waals surface area contributed by atoms with Crippen LogP contribution in [0, 0.1) is 6.92 Å². The number of nitrogens with zero attached hydrogens (tertiary/aromatic N) is 1. The number of furan rings is 1. The Labute approximate surface area is 149 Å². The Balaban J connectivity index is 1.50. The van der Waals surface area contributed by atoms with E-state index in [9.17, 15) is 4.79 Å². The van der Waals surface area contributed by atoms with E-state index in [4.69, 9.17) is 13.9 Å². The Bertz CT molecular complexity index is 856. The molecule has 130 valence electrons. The third-order valence-electron chi connectivity index (χ3n) is 3.42. The number of hydrogen-bond donors (Lipinski definition) is 1. The number of rotatable bonds is 7. The van der Waals surface area contributed by atoms with E-state index in [0.29, 0.717) is 23.0 Å². The predicted octanol–water partition coefficient (Wildman–Crippen LogP) is 3.42. The van der Waals surface area contributed by atoms with Crippen molar-refractivity contribution in [2.45, 2.75) is 13.5 Å². The minimum absolute atomic E-state index is 0.0980. The lowest BCUT2D eigenvalue weighted by Crippen LogP contribution is -2.28. The van der Waals surface area contributed by atoms with Gasteiger partial charge in [0.05, 0.1) is 18.7 Å². The highest BCUT2D eigenvalue weighted by atomic mass is 32.1. The molecule has 0 radical (unpaired) electrons. The Hall–Kier alpha value is -2.80. The molecule has 1 amide bonds. The van der Waals surface area contributed by atoms with Gasteiger partial charge in [-0.2, -0.15) is 0 Å². The number of hydrogen-bond acceptors (Lipinski definition) is 6. The highest BCUT2D eigenvalue weighted by Gasteiger charge is 2.10. The van der Waals surface area contributed by atoms with E-state index in [1.807, 2.05) is 36.6 Å². The minimum atomic E-state index is -0.242. The summed E-state index contributed by atoms with van der Waals surface area (Å²) in [5, 5.41) is 5.68. The van der Waals surface area contributed by atoms with Crippen LogP contribution in [-0.2, 0) is 11.3 Å². The van der Waals surface area contributed by atoms with Gasteiger partial charge in [-0.15, -0.1) is 11.3 Å². The van der Waals surface area contributed by atoms with Crippen LogP contribution in [0.2, 0.25) is 0 Å². The molecule has 0 fully saturated rings. The highest BCUT2D eigenvalue weighted by Crippen LogP contribution is 2.26. The summed E-state index contributed by atoms with van der Waals surface area (Å²) in [4.78, 5) is 16.3. The summed E-state index contributed by atoms with van der Waals surface area (Å²) in [6, 6.07) is 10.9. The van der Waals surface area contributed by atoms with Gasteiger partial charge in [-0.25, -0.2) is 4.98 Å². The number of amides is 1. The first-order valence-electron chi connectivity index (χ1n) is 7.69. The quantitative estimate of drug-likeness (QED) is 0.701. The summed E-state index contributed by atoms with van der Waals surface area (Å²) >= 11 is 1.57. The summed E-state index contributed by atoms with van der Waals surface area (Å²) in [5.41, 5.74) is 0.805. The molecular formula is C18H18N2O4S. The Kier molecular flexibility index (Phi) is 5.35. The average Bonchev–Trinajstić information content (AvgIpc) is 3.27. The van der Waals surface area contributed by atoms with Crippen LogP contribution in [-0.4, -0.2) is 24.6 Å². The van der Waals surface area contributed by atoms with Gasteiger partial charge in [0.15, 0.2) is 23.9 Å². The van der Waals surface area contributed by atoms with Crippen LogP contribution in [0.5, 0.6) is 11.5 Å². The maximum Gasteiger partial charge on any atom is 0.258 e. The van der Waals surface area contributed by atoms with E-state index in [1.165, 1.54) is 0 Å². The van der Waals surface area contributed by atoms with Gasteiger partial charge in [-0.1, -0.05) is 12.1 Å². The van der Waals surface area contributed by atoms with E-state index in [2.05, 4.69) is 10.3 Å². The summed E-state index contributed by atoms with van der Waals surface area (Å²) in [6.45, 7) is 2.14. The van der Waals surface area contributed by atoms with Gasteiger partial charge < -0.3 is 19.2 Å². The molecule has 0 aliphatic carbocycles. The first kappa shape index (κ1) is 17.0. The number of carbonyl (C=O) groups is 1. The van der Waals surface area contributed by atoms with Crippen LogP contribution in [0.15, 0.2) is 46.2 Å². The smallest absolute Gasteiger partial charge is 0.258 e. The number of para-hydroxylation sites is 2. The molecule has 0 bridgehead atoms. The van der Waals surface area contributed by atoms with Gasteiger partial charge in [0, 0.05) is 5.38 Å². The molecule has 0 saturated carbocycles. The van der Waals surface area contributed by atoms with Gasteiger partial charge in [0.25, 0.3) is 5.91 Å². The minimum Gasteiger partial charge on any atom is -0.493 e. The van der Waals surface area contributed by atoms with Crippen molar-refractivity contribution in [3.63, 3.8) is 0 Å². The van der Waals surface area contributed by atoms with Crippen molar-refractivity contribution < 1.29 is 18.7 Å². The van der Waals surface area contributed by atoms with E-state index in [1.54, 1.807) is 30.6 Å². The third kappa shape index (κ3) is 4.39. The van der Waals surface area contributed by atoms with Gasteiger partial charge in [-0.05, 0) is 31.2 Å². The van der Waals surface area contributed by atoms with Gasteiger partial charge >= 0.3 is 0 Å². The lowest BCUT2D eigenvalue weighted by atomic mass is 10.3. The molecular weight excluding hydrogens is 340 g/mol. The molecule has 0 spiro atoms. The largest absolute Gasteiger partial charge is 0.493 e. The van der Waals surface area contributed by atoms with Crippen molar-refractivity contribution >= 4 is 17.2 Å². The topological polar surface area (TPSA) is 73.6 Å². The number of thiazole rings is 1. The van der Waals surface area contributed by atoms with E-state index >= 15 is 0 Å². The van der Waals surface area contributed by atoms with Crippen molar-refractivity contribution in [2.24, 2.45) is 0 Å². The van der Waals surface area contributed by atoms with Crippen LogP contribution < -0.4 is 14.8 Å². The van der Waals surface area contributed by atoms with Gasteiger partial charge in [0.2, 0.25) is 0 Å². The summed E-state index contributed by atoms with van der Waals surface area (Å²) in [7, 11) is 1.56. The molecule has 0 aliphatic heterocycles. The van der Waals surface area contributed by atoms with E-state index < -0.39 is 0 Å². The van der Waals surface area contributed by atoms with Crippen LogP contribution in [0.25, 0.3) is 11.5 Å². The number of benzene rings is 1. The number of aryl methyl sites for hydroxylation is 1. The van der Waals surface area contributed by atoms with Crippen molar-refractivity contribution in [3.8, 4) is 23.0 Å². The Morgan fingerprint density at radius 3 is 2.76 bits per heavy atom.